The maximum Gasteiger partial charge on any atom is 0.230 e. The molecular weight excluding hydrogens is 360 g/mol. The van der Waals surface area contributed by atoms with Crippen molar-refractivity contribution >= 4 is 23.2 Å². The molecule has 3 aromatic rings. The average molecular weight is 389 g/mol. The molecule has 5 nitrogen and oxygen atoms in total. The number of phenolic OH excluding ortho intramolecular Hbond substituents is 1. The van der Waals surface area contributed by atoms with E-state index in [0.29, 0.717) is 17.9 Å². The van der Waals surface area contributed by atoms with Gasteiger partial charge in [0.15, 0.2) is 0 Å². The van der Waals surface area contributed by atoms with Crippen molar-refractivity contribution in [2.45, 2.75) is 32.2 Å². The lowest BCUT2D eigenvalue weighted by molar-refractivity contribution is 0.222. The minimum Gasteiger partial charge on any atom is -0.507 e. The number of hydrogen-bond donors (Lipinski definition) is 1. The number of rotatable bonds is 7. The van der Waals surface area contributed by atoms with Gasteiger partial charge in [0.25, 0.3) is 0 Å². The third-order valence-electron chi connectivity index (χ3n) is 5.56. The summed E-state index contributed by atoms with van der Waals surface area (Å²) in [7, 11) is 0. The van der Waals surface area contributed by atoms with Gasteiger partial charge in [-0.15, -0.1) is 6.58 Å². The lowest BCUT2D eigenvalue weighted by Gasteiger charge is -2.26. The van der Waals surface area contributed by atoms with E-state index in [9.17, 15) is 5.11 Å². The van der Waals surface area contributed by atoms with E-state index in [2.05, 4.69) is 27.1 Å². The third-order valence-corrected chi connectivity index (χ3v) is 5.56. The van der Waals surface area contributed by atoms with Crippen LogP contribution in [0.4, 0.5) is 5.95 Å². The van der Waals surface area contributed by atoms with Crippen molar-refractivity contribution in [1.29, 1.82) is 0 Å². The fourth-order valence-electron chi connectivity index (χ4n) is 3.97. The van der Waals surface area contributed by atoms with Crippen molar-refractivity contribution in [3.8, 4) is 5.75 Å². The number of aromatic nitrogens is 2. The molecule has 0 radical (unpaired) electrons. The molecule has 2 aromatic carbocycles. The number of aromatic hydroxyl groups is 1. The lowest BCUT2D eigenvalue weighted by atomic mass is 10.1. The van der Waals surface area contributed by atoms with Crippen LogP contribution in [0.25, 0.3) is 11.0 Å². The predicted molar refractivity (Wildman–Crippen MR) is 119 cm³/mol. The van der Waals surface area contributed by atoms with Crippen LogP contribution < -0.4 is 0 Å². The fourth-order valence-corrected chi connectivity index (χ4v) is 3.97. The number of hydrogen-bond acceptors (Lipinski definition) is 4. The Kier molecular flexibility index (Phi) is 6.06. The Bertz CT molecular complexity index is 1010. The zero-order valence-corrected chi connectivity index (χ0v) is 16.8. The van der Waals surface area contributed by atoms with Crippen LogP contribution in [0.2, 0.25) is 0 Å². The van der Waals surface area contributed by atoms with Gasteiger partial charge in [0.2, 0.25) is 5.95 Å². The number of imidazole rings is 1. The van der Waals surface area contributed by atoms with Gasteiger partial charge in [0.05, 0.1) is 11.0 Å². The van der Waals surface area contributed by atoms with Crippen LogP contribution in [-0.4, -0.2) is 45.4 Å². The molecule has 1 aliphatic rings. The van der Waals surface area contributed by atoms with Crippen LogP contribution >= 0.6 is 0 Å². The van der Waals surface area contributed by atoms with Gasteiger partial charge in [-0.25, -0.2) is 9.98 Å². The van der Waals surface area contributed by atoms with E-state index in [4.69, 9.17) is 4.98 Å². The zero-order valence-electron chi connectivity index (χ0n) is 16.8. The smallest absolute Gasteiger partial charge is 0.230 e. The first-order valence-corrected chi connectivity index (χ1v) is 10.4. The second kappa shape index (κ2) is 9.05. The van der Waals surface area contributed by atoms with Crippen LogP contribution in [0, 0.1) is 0 Å². The Hall–Kier alpha value is -2.92. The van der Waals surface area contributed by atoms with Crippen molar-refractivity contribution in [3.05, 3.63) is 66.2 Å². The molecule has 2 heterocycles. The van der Waals surface area contributed by atoms with Crippen LogP contribution in [0.15, 0.2) is 60.1 Å². The summed E-state index contributed by atoms with van der Waals surface area (Å²) in [6, 6.07) is 13.9. The van der Waals surface area contributed by atoms with Gasteiger partial charge in [-0.3, -0.25) is 0 Å². The Balaban J connectivity index is 1.62. The molecule has 1 N–H and O–H groups in total. The number of para-hydroxylation sites is 3. The molecule has 5 heteroatoms. The van der Waals surface area contributed by atoms with E-state index >= 15 is 0 Å². The third kappa shape index (κ3) is 4.40. The van der Waals surface area contributed by atoms with E-state index in [1.54, 1.807) is 12.3 Å². The van der Waals surface area contributed by atoms with Gasteiger partial charge in [-0.1, -0.05) is 36.8 Å². The Morgan fingerprint density at radius 2 is 1.86 bits per heavy atom. The number of fused-ring (bicyclic) bond motifs is 1. The molecule has 0 unspecified atom stereocenters. The monoisotopic (exact) mass is 388 g/mol. The zero-order chi connectivity index (χ0) is 20.1. The summed E-state index contributed by atoms with van der Waals surface area (Å²) >= 11 is 0. The van der Waals surface area contributed by atoms with E-state index in [-0.39, 0.29) is 5.75 Å². The largest absolute Gasteiger partial charge is 0.507 e. The first kappa shape index (κ1) is 19.4. The predicted octanol–water partition coefficient (Wildman–Crippen LogP) is 4.71. The second-order valence-electron chi connectivity index (χ2n) is 7.56. The number of benzene rings is 2. The molecule has 0 atom stereocenters. The Morgan fingerprint density at radius 1 is 1.03 bits per heavy atom. The molecule has 0 bridgehead atoms. The first-order valence-electron chi connectivity index (χ1n) is 10.4. The fraction of sp³-hybridized carbons (Fsp3) is 0.333. The van der Waals surface area contributed by atoms with Gasteiger partial charge in [-0.2, -0.15) is 0 Å². The molecule has 1 saturated heterocycles. The molecule has 1 fully saturated rings. The van der Waals surface area contributed by atoms with Crippen molar-refractivity contribution < 1.29 is 5.11 Å². The molecule has 150 valence electrons. The van der Waals surface area contributed by atoms with Gasteiger partial charge in [0.1, 0.15) is 5.75 Å². The maximum absolute atomic E-state index is 10.5. The number of likely N-dealkylation sites (tertiary alicyclic amines) is 1. The van der Waals surface area contributed by atoms with Crippen LogP contribution in [-0.2, 0) is 13.0 Å². The standard InChI is InChI=1S/C24H28N4O/c1-2-9-19-10-8-11-20(23(19)29)18-25-24-26-21-12-4-5-13-22(21)28(24)17-16-27-14-6-3-7-15-27/h2,4-5,8,10-13,18,29H,1,3,6-7,9,14-17H2/b25-18+. The first-order chi connectivity index (χ1) is 14.3. The molecule has 0 aliphatic carbocycles. The number of piperidine rings is 1. The maximum atomic E-state index is 10.5. The van der Waals surface area contributed by atoms with Crippen LogP contribution in [0.3, 0.4) is 0 Å². The van der Waals surface area contributed by atoms with Crippen molar-refractivity contribution in [2.24, 2.45) is 4.99 Å². The number of allylic oxidation sites excluding steroid dienone is 1. The Labute approximate surface area is 172 Å². The van der Waals surface area contributed by atoms with Gasteiger partial charge in [-0.05, 0) is 56.1 Å². The van der Waals surface area contributed by atoms with Gasteiger partial charge in [0, 0.05) is 24.9 Å². The molecule has 4 rings (SSSR count). The minimum absolute atomic E-state index is 0.257. The highest BCUT2D eigenvalue weighted by Crippen LogP contribution is 2.25. The molecule has 0 amide bonds. The highest BCUT2D eigenvalue weighted by molar-refractivity contribution is 5.86. The number of nitrogens with zero attached hydrogens (tertiary/aromatic N) is 4. The normalized spacial score (nSPS) is 15.3. The van der Waals surface area contributed by atoms with E-state index in [1.165, 1.54) is 32.4 Å². The quantitative estimate of drug-likeness (QED) is 0.471. The molecule has 0 saturated carbocycles. The van der Waals surface area contributed by atoms with Crippen molar-refractivity contribution in [1.82, 2.24) is 14.5 Å². The second-order valence-corrected chi connectivity index (χ2v) is 7.56. The molecule has 29 heavy (non-hydrogen) atoms. The summed E-state index contributed by atoms with van der Waals surface area (Å²) < 4.78 is 2.19. The minimum atomic E-state index is 0.257. The van der Waals surface area contributed by atoms with Crippen LogP contribution in [0.1, 0.15) is 30.4 Å². The Morgan fingerprint density at radius 3 is 2.69 bits per heavy atom. The number of aliphatic imine (C=N–C) groups is 1. The summed E-state index contributed by atoms with van der Waals surface area (Å²) in [5.74, 6) is 0.934. The van der Waals surface area contributed by atoms with E-state index in [0.717, 1.165) is 29.7 Å². The van der Waals surface area contributed by atoms with Gasteiger partial charge >= 0.3 is 0 Å². The van der Waals surface area contributed by atoms with E-state index in [1.807, 2.05) is 36.4 Å². The summed E-state index contributed by atoms with van der Waals surface area (Å²) in [6.07, 6.45) is 8.04. The molecule has 1 aliphatic heterocycles. The van der Waals surface area contributed by atoms with Gasteiger partial charge < -0.3 is 14.6 Å². The SMILES string of the molecule is C=CCc1cccc(/C=N/c2nc3ccccc3n2CCN2CCCCC2)c1O. The summed E-state index contributed by atoms with van der Waals surface area (Å²) in [6.45, 7) is 7.96. The average Bonchev–Trinajstić information content (AvgIpc) is 3.11. The topological polar surface area (TPSA) is 53.7 Å². The van der Waals surface area contributed by atoms with Crippen molar-refractivity contribution in [2.75, 3.05) is 19.6 Å². The summed E-state index contributed by atoms with van der Waals surface area (Å²) in [4.78, 5) is 11.9. The lowest BCUT2D eigenvalue weighted by Crippen LogP contribution is -2.32. The van der Waals surface area contributed by atoms with Crippen LogP contribution in [0.5, 0.6) is 5.75 Å². The molecule has 1 aromatic heterocycles. The van der Waals surface area contributed by atoms with Crippen molar-refractivity contribution in [3.63, 3.8) is 0 Å². The highest BCUT2D eigenvalue weighted by atomic mass is 16.3. The highest BCUT2D eigenvalue weighted by Gasteiger charge is 2.14. The summed E-state index contributed by atoms with van der Waals surface area (Å²) in [5, 5.41) is 10.5. The molecule has 0 spiro atoms. The number of phenols is 1. The molecular formula is C24H28N4O. The summed E-state index contributed by atoms with van der Waals surface area (Å²) in [5.41, 5.74) is 3.59. The van der Waals surface area contributed by atoms with E-state index < -0.39 is 0 Å².